The molecule has 0 saturated heterocycles. The molecule has 1 N–H and O–H groups in total. The third-order valence-electron chi connectivity index (χ3n) is 3.71. The van der Waals surface area contributed by atoms with Crippen LogP contribution in [0.1, 0.15) is 25.7 Å². The molecule has 3 aromatic rings. The van der Waals surface area contributed by atoms with Crippen molar-refractivity contribution in [3.05, 3.63) is 70.8 Å². The van der Waals surface area contributed by atoms with Gasteiger partial charge in [0.1, 0.15) is 5.82 Å². The van der Waals surface area contributed by atoms with E-state index in [1.165, 1.54) is 0 Å². The molecule has 2 aromatic carbocycles. The Kier molecular flexibility index (Phi) is 4.02. The summed E-state index contributed by atoms with van der Waals surface area (Å²) in [5, 5.41) is 3.98. The van der Waals surface area contributed by atoms with Gasteiger partial charge in [0.2, 0.25) is 0 Å². The monoisotopic (exact) mass is 293 g/mol. The smallest absolute Gasteiger partial charge is 0.266 e. The molecule has 1 atom stereocenters. The van der Waals surface area contributed by atoms with Gasteiger partial charge in [0.25, 0.3) is 5.56 Å². The largest absolute Gasteiger partial charge is 0.308 e. The Morgan fingerprint density at radius 3 is 2.50 bits per heavy atom. The summed E-state index contributed by atoms with van der Waals surface area (Å²) in [6, 6.07) is 17.1. The normalized spacial score (nSPS) is 12.5. The summed E-state index contributed by atoms with van der Waals surface area (Å²) in [5.41, 5.74) is 1.54. The van der Waals surface area contributed by atoms with Gasteiger partial charge in [0, 0.05) is 0 Å². The summed E-state index contributed by atoms with van der Waals surface area (Å²) < 4.78 is 1.70. The second-order valence-electron chi connectivity index (χ2n) is 5.24. The zero-order valence-corrected chi connectivity index (χ0v) is 12.8. The van der Waals surface area contributed by atoms with Crippen LogP contribution in [0, 0.1) is 0 Å². The summed E-state index contributed by atoms with van der Waals surface area (Å²) >= 11 is 0. The van der Waals surface area contributed by atoms with Crippen molar-refractivity contribution in [2.75, 3.05) is 6.54 Å². The van der Waals surface area contributed by atoms with Gasteiger partial charge in [0.15, 0.2) is 0 Å². The lowest BCUT2D eigenvalue weighted by atomic mass is 10.2. The lowest BCUT2D eigenvalue weighted by Gasteiger charge is -2.19. The standard InChI is InChI=1S/C18H19N3O/c1-3-19-13(2)17-20-16-12-8-7-11-15(16)18(22)21(17)14-9-5-4-6-10-14/h4-13,19H,3H2,1-2H3/t13-/m0/s1. The SMILES string of the molecule is CCN[C@@H](C)c1nc2ccccc2c(=O)n1-c1ccccc1. The lowest BCUT2D eigenvalue weighted by Crippen LogP contribution is -2.30. The zero-order valence-electron chi connectivity index (χ0n) is 12.8. The second kappa shape index (κ2) is 6.12. The van der Waals surface area contributed by atoms with Crippen LogP contribution in [0.2, 0.25) is 0 Å². The van der Waals surface area contributed by atoms with Gasteiger partial charge < -0.3 is 5.32 Å². The molecule has 0 fully saturated rings. The van der Waals surface area contributed by atoms with Gasteiger partial charge in [-0.3, -0.25) is 9.36 Å². The van der Waals surface area contributed by atoms with E-state index in [-0.39, 0.29) is 11.6 Å². The van der Waals surface area contributed by atoms with Crippen LogP contribution in [0.15, 0.2) is 59.4 Å². The molecule has 0 saturated carbocycles. The maximum absolute atomic E-state index is 13.0. The number of aromatic nitrogens is 2. The third kappa shape index (κ3) is 2.53. The molecular weight excluding hydrogens is 274 g/mol. The minimum atomic E-state index is -0.0310. The molecule has 4 nitrogen and oxygen atoms in total. The van der Waals surface area contributed by atoms with Crippen LogP contribution < -0.4 is 10.9 Å². The Morgan fingerprint density at radius 2 is 1.77 bits per heavy atom. The molecule has 0 aliphatic heterocycles. The van der Waals surface area contributed by atoms with E-state index < -0.39 is 0 Å². The summed E-state index contributed by atoms with van der Waals surface area (Å²) in [4.78, 5) is 17.7. The third-order valence-corrected chi connectivity index (χ3v) is 3.71. The molecule has 22 heavy (non-hydrogen) atoms. The topological polar surface area (TPSA) is 46.9 Å². The molecule has 1 aromatic heterocycles. The first kappa shape index (κ1) is 14.5. The second-order valence-corrected chi connectivity index (χ2v) is 5.24. The van der Waals surface area contributed by atoms with Gasteiger partial charge in [-0.1, -0.05) is 37.3 Å². The van der Waals surface area contributed by atoms with Crippen molar-refractivity contribution in [2.45, 2.75) is 19.9 Å². The first-order chi connectivity index (χ1) is 10.7. The lowest BCUT2D eigenvalue weighted by molar-refractivity contribution is 0.551. The Labute approximate surface area is 129 Å². The molecule has 0 spiro atoms. The Balaban J connectivity index is 2.34. The number of nitrogens with zero attached hydrogens (tertiary/aromatic N) is 2. The molecule has 4 heteroatoms. The van der Waals surface area contributed by atoms with Crippen molar-refractivity contribution in [2.24, 2.45) is 0 Å². The average Bonchev–Trinajstić information content (AvgIpc) is 2.56. The highest BCUT2D eigenvalue weighted by Gasteiger charge is 2.16. The summed E-state index contributed by atoms with van der Waals surface area (Å²) in [5.74, 6) is 0.733. The van der Waals surface area contributed by atoms with E-state index in [0.717, 1.165) is 23.6 Å². The van der Waals surface area contributed by atoms with Crippen LogP contribution in [-0.2, 0) is 0 Å². The van der Waals surface area contributed by atoms with E-state index in [2.05, 4.69) is 5.32 Å². The summed E-state index contributed by atoms with van der Waals surface area (Å²) in [6.45, 7) is 4.89. The molecule has 112 valence electrons. The zero-order chi connectivity index (χ0) is 15.5. The molecule has 1 heterocycles. The first-order valence-corrected chi connectivity index (χ1v) is 7.53. The number of hydrogen-bond donors (Lipinski definition) is 1. The number of nitrogens with one attached hydrogen (secondary N) is 1. The highest BCUT2D eigenvalue weighted by atomic mass is 16.1. The summed E-state index contributed by atoms with van der Waals surface area (Å²) in [7, 11) is 0. The maximum Gasteiger partial charge on any atom is 0.266 e. The quantitative estimate of drug-likeness (QED) is 0.804. The highest BCUT2D eigenvalue weighted by molar-refractivity contribution is 5.77. The van der Waals surface area contributed by atoms with Gasteiger partial charge in [-0.25, -0.2) is 4.98 Å². The molecule has 0 bridgehead atoms. The van der Waals surface area contributed by atoms with Gasteiger partial charge in [-0.05, 0) is 37.7 Å². The molecule has 0 radical (unpaired) electrons. The average molecular weight is 293 g/mol. The predicted molar refractivity (Wildman–Crippen MR) is 89.4 cm³/mol. The van der Waals surface area contributed by atoms with Crippen LogP contribution >= 0.6 is 0 Å². The fourth-order valence-corrected chi connectivity index (χ4v) is 2.66. The first-order valence-electron chi connectivity index (χ1n) is 7.53. The van der Waals surface area contributed by atoms with Crippen LogP contribution in [0.3, 0.4) is 0 Å². The molecule has 0 aliphatic rings. The van der Waals surface area contributed by atoms with E-state index in [1.807, 2.05) is 68.4 Å². The van der Waals surface area contributed by atoms with Crippen molar-refractivity contribution in [1.29, 1.82) is 0 Å². The minimum Gasteiger partial charge on any atom is -0.308 e. The fraction of sp³-hybridized carbons (Fsp3) is 0.222. The van der Waals surface area contributed by atoms with Crippen molar-refractivity contribution in [3.8, 4) is 5.69 Å². The predicted octanol–water partition coefficient (Wildman–Crippen LogP) is 3.06. The van der Waals surface area contributed by atoms with Crippen molar-refractivity contribution >= 4 is 10.9 Å². The molecular formula is C18H19N3O. The van der Waals surface area contributed by atoms with Crippen LogP contribution in [0.25, 0.3) is 16.6 Å². The molecule has 3 rings (SSSR count). The maximum atomic E-state index is 13.0. The number of fused-ring (bicyclic) bond motifs is 1. The highest BCUT2D eigenvalue weighted by Crippen LogP contribution is 2.17. The van der Waals surface area contributed by atoms with Gasteiger partial charge in [-0.2, -0.15) is 0 Å². The molecule has 0 amide bonds. The van der Waals surface area contributed by atoms with E-state index in [0.29, 0.717) is 5.39 Å². The number of para-hydroxylation sites is 2. The van der Waals surface area contributed by atoms with Crippen LogP contribution in [0.5, 0.6) is 0 Å². The van der Waals surface area contributed by atoms with E-state index in [4.69, 9.17) is 4.98 Å². The molecule has 0 aliphatic carbocycles. The van der Waals surface area contributed by atoms with Gasteiger partial charge in [0.05, 0.1) is 22.6 Å². The van der Waals surface area contributed by atoms with Gasteiger partial charge in [-0.15, -0.1) is 0 Å². The number of hydrogen-bond acceptors (Lipinski definition) is 3. The Hall–Kier alpha value is -2.46. The van der Waals surface area contributed by atoms with Crippen molar-refractivity contribution in [3.63, 3.8) is 0 Å². The van der Waals surface area contributed by atoms with Crippen molar-refractivity contribution < 1.29 is 0 Å². The van der Waals surface area contributed by atoms with Crippen LogP contribution in [-0.4, -0.2) is 16.1 Å². The number of benzene rings is 2. The van der Waals surface area contributed by atoms with E-state index in [9.17, 15) is 4.79 Å². The molecule has 0 unspecified atom stereocenters. The summed E-state index contributed by atoms with van der Waals surface area (Å²) in [6.07, 6.45) is 0. The Morgan fingerprint density at radius 1 is 1.09 bits per heavy atom. The van der Waals surface area contributed by atoms with E-state index >= 15 is 0 Å². The van der Waals surface area contributed by atoms with E-state index in [1.54, 1.807) is 4.57 Å². The van der Waals surface area contributed by atoms with Gasteiger partial charge >= 0.3 is 0 Å². The fourth-order valence-electron chi connectivity index (χ4n) is 2.66. The Bertz CT molecular complexity index is 840. The van der Waals surface area contributed by atoms with Crippen LogP contribution in [0.4, 0.5) is 0 Å². The number of rotatable bonds is 4. The van der Waals surface area contributed by atoms with Crippen molar-refractivity contribution in [1.82, 2.24) is 14.9 Å². The minimum absolute atomic E-state index is 0.0116.